The molecule has 1 aromatic carbocycles. The number of hydrogen-bond acceptors (Lipinski definition) is 3. The number of nitrogens with one attached hydrogen (secondary N) is 1. The van der Waals surface area contributed by atoms with E-state index in [1.165, 1.54) is 18.5 Å². The molecular formula is C20H22FN3O2. The third-order valence-electron chi connectivity index (χ3n) is 4.59. The molecule has 5 nitrogen and oxygen atoms in total. The van der Waals surface area contributed by atoms with Crippen molar-refractivity contribution in [2.75, 3.05) is 13.1 Å². The first-order valence-electron chi connectivity index (χ1n) is 8.80. The minimum atomic E-state index is -0.387. The van der Waals surface area contributed by atoms with Crippen molar-refractivity contribution in [2.24, 2.45) is 5.92 Å². The highest BCUT2D eigenvalue weighted by atomic mass is 19.1. The Morgan fingerprint density at radius 3 is 2.81 bits per heavy atom. The van der Waals surface area contributed by atoms with E-state index in [0.717, 1.165) is 25.9 Å². The first-order chi connectivity index (χ1) is 12.5. The van der Waals surface area contributed by atoms with E-state index >= 15 is 0 Å². The highest BCUT2D eigenvalue weighted by molar-refractivity contribution is 5.99. The number of pyridine rings is 1. The lowest BCUT2D eigenvalue weighted by Crippen LogP contribution is -2.39. The van der Waals surface area contributed by atoms with Crippen molar-refractivity contribution in [1.29, 1.82) is 0 Å². The van der Waals surface area contributed by atoms with Crippen molar-refractivity contribution in [3.63, 3.8) is 0 Å². The summed E-state index contributed by atoms with van der Waals surface area (Å²) in [5.41, 5.74) is 1.10. The van der Waals surface area contributed by atoms with Gasteiger partial charge in [-0.3, -0.25) is 14.6 Å². The predicted molar refractivity (Wildman–Crippen MR) is 96.1 cm³/mol. The molecule has 3 rings (SSSR count). The van der Waals surface area contributed by atoms with Crippen molar-refractivity contribution in [2.45, 2.75) is 26.3 Å². The van der Waals surface area contributed by atoms with E-state index in [2.05, 4.69) is 17.2 Å². The van der Waals surface area contributed by atoms with E-state index in [1.807, 2.05) is 4.90 Å². The van der Waals surface area contributed by atoms with Gasteiger partial charge in [0.1, 0.15) is 5.82 Å². The molecule has 136 valence electrons. The van der Waals surface area contributed by atoms with Crippen LogP contribution in [0.2, 0.25) is 0 Å². The van der Waals surface area contributed by atoms with Gasteiger partial charge in [0.05, 0.1) is 11.1 Å². The highest BCUT2D eigenvalue weighted by Crippen LogP contribution is 2.18. The van der Waals surface area contributed by atoms with Crippen LogP contribution in [0.4, 0.5) is 4.39 Å². The van der Waals surface area contributed by atoms with Gasteiger partial charge >= 0.3 is 0 Å². The molecular weight excluding hydrogens is 333 g/mol. The molecule has 1 fully saturated rings. The summed E-state index contributed by atoms with van der Waals surface area (Å²) in [6.07, 6.45) is 5.01. The smallest absolute Gasteiger partial charge is 0.255 e. The number of carbonyl (C=O) groups excluding carboxylic acids is 2. The van der Waals surface area contributed by atoms with Crippen LogP contribution in [-0.2, 0) is 6.54 Å². The molecule has 1 aromatic heterocycles. The lowest BCUT2D eigenvalue weighted by Gasteiger charge is -2.30. The Labute approximate surface area is 152 Å². The zero-order chi connectivity index (χ0) is 18.5. The summed E-state index contributed by atoms with van der Waals surface area (Å²) in [5, 5.41) is 2.66. The third kappa shape index (κ3) is 4.25. The number of carbonyl (C=O) groups is 2. The Bertz CT molecular complexity index is 809. The molecule has 1 aliphatic heterocycles. The molecule has 0 aliphatic carbocycles. The number of piperidine rings is 1. The average molecular weight is 355 g/mol. The summed E-state index contributed by atoms with van der Waals surface area (Å²) in [7, 11) is 0. The maximum absolute atomic E-state index is 13.6. The molecule has 1 N–H and O–H groups in total. The largest absolute Gasteiger partial charge is 0.348 e. The quantitative estimate of drug-likeness (QED) is 0.917. The van der Waals surface area contributed by atoms with Gasteiger partial charge in [-0.2, -0.15) is 0 Å². The van der Waals surface area contributed by atoms with E-state index in [-0.39, 0.29) is 29.7 Å². The van der Waals surface area contributed by atoms with Crippen molar-refractivity contribution in [3.05, 3.63) is 65.2 Å². The van der Waals surface area contributed by atoms with Crippen molar-refractivity contribution in [1.82, 2.24) is 15.2 Å². The van der Waals surface area contributed by atoms with E-state index in [1.54, 1.807) is 24.3 Å². The first kappa shape index (κ1) is 18.0. The molecule has 0 spiro atoms. The van der Waals surface area contributed by atoms with Crippen LogP contribution in [0.1, 0.15) is 46.0 Å². The van der Waals surface area contributed by atoms with Crippen LogP contribution < -0.4 is 5.32 Å². The number of amides is 2. The highest BCUT2D eigenvalue weighted by Gasteiger charge is 2.23. The zero-order valence-corrected chi connectivity index (χ0v) is 14.7. The molecule has 6 heteroatoms. The van der Waals surface area contributed by atoms with Crippen LogP contribution in [0.15, 0.2) is 42.7 Å². The second-order valence-corrected chi connectivity index (χ2v) is 6.73. The number of benzene rings is 1. The fourth-order valence-electron chi connectivity index (χ4n) is 3.16. The summed E-state index contributed by atoms with van der Waals surface area (Å²) in [6.45, 7) is 3.66. The normalized spacial score (nSPS) is 17.0. The van der Waals surface area contributed by atoms with E-state index in [4.69, 9.17) is 0 Å². The summed E-state index contributed by atoms with van der Waals surface area (Å²) in [6, 6.07) is 7.82. The van der Waals surface area contributed by atoms with Crippen molar-refractivity contribution >= 4 is 11.8 Å². The molecule has 1 unspecified atom stereocenters. The second kappa shape index (κ2) is 8.08. The van der Waals surface area contributed by atoms with Gasteiger partial charge in [-0.05, 0) is 30.9 Å². The Morgan fingerprint density at radius 1 is 1.27 bits per heavy atom. The summed E-state index contributed by atoms with van der Waals surface area (Å²) in [5.74, 6) is -0.378. The van der Waals surface area contributed by atoms with Gasteiger partial charge in [0, 0.05) is 37.6 Å². The number of nitrogens with zero attached hydrogens (tertiary/aromatic N) is 2. The van der Waals surface area contributed by atoms with Gasteiger partial charge in [0.15, 0.2) is 0 Å². The van der Waals surface area contributed by atoms with Crippen LogP contribution in [0.25, 0.3) is 0 Å². The van der Waals surface area contributed by atoms with Gasteiger partial charge in [0.2, 0.25) is 0 Å². The van der Waals surface area contributed by atoms with Crippen LogP contribution in [-0.4, -0.2) is 34.8 Å². The monoisotopic (exact) mass is 355 g/mol. The van der Waals surface area contributed by atoms with Crippen LogP contribution in [0, 0.1) is 11.7 Å². The molecule has 0 bridgehead atoms. The second-order valence-electron chi connectivity index (χ2n) is 6.73. The average Bonchev–Trinajstić information content (AvgIpc) is 2.66. The van der Waals surface area contributed by atoms with E-state index in [9.17, 15) is 14.0 Å². The molecule has 2 aromatic rings. The topological polar surface area (TPSA) is 62.3 Å². The van der Waals surface area contributed by atoms with Gasteiger partial charge in [-0.25, -0.2) is 4.39 Å². The van der Waals surface area contributed by atoms with Crippen LogP contribution in [0.3, 0.4) is 0 Å². The molecule has 26 heavy (non-hydrogen) atoms. The maximum atomic E-state index is 13.6. The van der Waals surface area contributed by atoms with Gasteiger partial charge in [-0.1, -0.05) is 25.1 Å². The maximum Gasteiger partial charge on any atom is 0.255 e. The number of halogens is 1. The Kier molecular flexibility index (Phi) is 5.61. The molecule has 1 saturated heterocycles. The number of hydrogen-bond donors (Lipinski definition) is 1. The lowest BCUT2D eigenvalue weighted by molar-refractivity contribution is 0.0682. The summed E-state index contributed by atoms with van der Waals surface area (Å²) >= 11 is 0. The van der Waals surface area contributed by atoms with Crippen LogP contribution >= 0.6 is 0 Å². The zero-order valence-electron chi connectivity index (χ0n) is 14.7. The molecule has 1 aliphatic rings. The van der Waals surface area contributed by atoms with Crippen LogP contribution in [0.5, 0.6) is 0 Å². The predicted octanol–water partition coefficient (Wildman–Crippen LogP) is 3.02. The van der Waals surface area contributed by atoms with Gasteiger partial charge < -0.3 is 10.2 Å². The van der Waals surface area contributed by atoms with Gasteiger partial charge in [-0.15, -0.1) is 0 Å². The molecule has 0 saturated carbocycles. The molecule has 2 heterocycles. The van der Waals surface area contributed by atoms with Crippen molar-refractivity contribution < 1.29 is 14.0 Å². The first-order valence-corrected chi connectivity index (χ1v) is 8.80. The molecule has 0 radical (unpaired) electrons. The Balaban J connectivity index is 1.67. The van der Waals surface area contributed by atoms with Crippen molar-refractivity contribution in [3.8, 4) is 0 Å². The molecule has 1 atom stereocenters. The molecule has 2 amide bonds. The fourth-order valence-corrected chi connectivity index (χ4v) is 3.16. The van der Waals surface area contributed by atoms with Gasteiger partial charge in [0.25, 0.3) is 11.8 Å². The number of likely N-dealkylation sites (tertiary alicyclic amines) is 1. The van der Waals surface area contributed by atoms with E-state index < -0.39 is 0 Å². The standard InChI is InChI=1S/C20H22FN3O2/c1-14-5-4-8-24(13-14)20(26)17-9-16(10-22-11-17)19(25)23-12-15-6-2-3-7-18(15)21/h2-3,6-7,9-11,14H,4-5,8,12-13H2,1H3,(H,23,25). The lowest BCUT2D eigenvalue weighted by atomic mass is 9.99. The number of aromatic nitrogens is 1. The van der Waals surface area contributed by atoms with E-state index in [0.29, 0.717) is 17.0 Å². The number of rotatable bonds is 4. The minimum Gasteiger partial charge on any atom is -0.348 e. The third-order valence-corrected chi connectivity index (χ3v) is 4.59. The summed E-state index contributed by atoms with van der Waals surface area (Å²) in [4.78, 5) is 30.8. The fraction of sp³-hybridized carbons (Fsp3) is 0.350. The SMILES string of the molecule is CC1CCCN(C(=O)c2cncc(C(=O)NCc3ccccc3F)c2)C1. The summed E-state index contributed by atoms with van der Waals surface area (Å²) < 4.78 is 13.6. The Hall–Kier alpha value is -2.76. The minimum absolute atomic E-state index is 0.0767. The Morgan fingerprint density at radius 2 is 2.04 bits per heavy atom.